The van der Waals surface area contributed by atoms with Gasteiger partial charge < -0.3 is 5.11 Å². The number of rotatable bonds is 4. The lowest BCUT2D eigenvalue weighted by molar-refractivity contribution is -0.142. The largest absolute Gasteiger partial charge is 0.481 e. The van der Waals surface area contributed by atoms with Crippen LogP contribution in [0.4, 0.5) is 0 Å². The van der Waals surface area contributed by atoms with Gasteiger partial charge in [0.25, 0.3) is 0 Å². The van der Waals surface area contributed by atoms with Gasteiger partial charge >= 0.3 is 5.97 Å². The van der Waals surface area contributed by atoms with E-state index in [2.05, 4.69) is 35.0 Å². The molecule has 2 nitrogen and oxygen atoms in total. The smallest absolute Gasteiger partial charge is 0.307 e. The Balaban J connectivity index is 2.08. The van der Waals surface area contributed by atoms with E-state index in [1.54, 1.807) is 11.8 Å². The summed E-state index contributed by atoms with van der Waals surface area (Å²) in [5, 5.41) is 9.57. The first-order chi connectivity index (χ1) is 9.10. The Morgan fingerprint density at radius 1 is 1.37 bits per heavy atom. The molecule has 0 amide bonds. The monoisotopic (exact) mass is 342 g/mol. The van der Waals surface area contributed by atoms with E-state index in [9.17, 15) is 9.90 Å². The fourth-order valence-electron chi connectivity index (χ4n) is 2.68. The normalized spacial score (nSPS) is 27.2. The van der Waals surface area contributed by atoms with E-state index in [4.69, 9.17) is 0 Å². The molecule has 19 heavy (non-hydrogen) atoms. The molecular weight excluding hydrogens is 324 g/mol. The van der Waals surface area contributed by atoms with Crippen LogP contribution in [0, 0.1) is 11.8 Å². The maximum absolute atomic E-state index is 11.4. The van der Waals surface area contributed by atoms with E-state index in [0.29, 0.717) is 5.92 Å². The molecule has 0 bridgehead atoms. The quantitative estimate of drug-likeness (QED) is 0.852. The molecule has 1 aromatic rings. The van der Waals surface area contributed by atoms with Gasteiger partial charge in [-0.25, -0.2) is 0 Å². The lowest BCUT2D eigenvalue weighted by atomic mass is 9.80. The number of halogens is 1. The lowest BCUT2D eigenvalue weighted by Crippen LogP contribution is -2.32. The van der Waals surface area contributed by atoms with E-state index in [1.807, 2.05) is 12.1 Å². The summed E-state index contributed by atoms with van der Waals surface area (Å²) in [6.45, 7) is 2.20. The Bertz CT molecular complexity index is 432. The SMILES string of the molecule is CCC1CCC(C(=O)O)C(Sc2ccc(Br)cc2)C1. The minimum atomic E-state index is -0.635. The van der Waals surface area contributed by atoms with Crippen LogP contribution in [0.3, 0.4) is 0 Å². The first-order valence-corrected chi connectivity index (χ1v) is 8.42. The Labute approximate surface area is 127 Å². The standard InChI is InChI=1S/C15H19BrO2S/c1-2-10-3-8-13(15(17)18)14(9-10)19-12-6-4-11(16)5-7-12/h4-7,10,13-14H,2-3,8-9H2,1H3,(H,17,18). The van der Waals surface area contributed by atoms with Crippen LogP contribution in [0.1, 0.15) is 32.6 Å². The maximum Gasteiger partial charge on any atom is 0.307 e. The maximum atomic E-state index is 11.4. The summed E-state index contributed by atoms with van der Waals surface area (Å²) in [5.74, 6) is -0.149. The molecule has 0 heterocycles. The minimum Gasteiger partial charge on any atom is -0.481 e. The second-order valence-corrected chi connectivity index (χ2v) is 7.37. The third-order valence-corrected chi connectivity index (χ3v) is 5.79. The van der Waals surface area contributed by atoms with E-state index in [1.165, 1.54) is 0 Å². The van der Waals surface area contributed by atoms with Crippen molar-refractivity contribution in [1.82, 2.24) is 0 Å². The molecule has 0 radical (unpaired) electrons. The third-order valence-electron chi connectivity index (χ3n) is 3.90. The molecule has 2 rings (SSSR count). The van der Waals surface area contributed by atoms with Gasteiger partial charge in [-0.2, -0.15) is 0 Å². The van der Waals surface area contributed by atoms with Crippen LogP contribution in [-0.4, -0.2) is 16.3 Å². The van der Waals surface area contributed by atoms with Crippen LogP contribution >= 0.6 is 27.7 Å². The van der Waals surface area contributed by atoms with Crippen LogP contribution in [0.15, 0.2) is 33.6 Å². The fraction of sp³-hybridized carbons (Fsp3) is 0.533. The first kappa shape index (κ1) is 14.9. The van der Waals surface area contributed by atoms with Crippen molar-refractivity contribution in [3.05, 3.63) is 28.7 Å². The highest BCUT2D eigenvalue weighted by atomic mass is 79.9. The molecule has 0 aromatic heterocycles. The number of carbonyl (C=O) groups is 1. The first-order valence-electron chi connectivity index (χ1n) is 6.75. The molecular formula is C15H19BrO2S. The summed E-state index contributed by atoms with van der Waals surface area (Å²) in [6.07, 6.45) is 4.06. The molecule has 0 aliphatic heterocycles. The number of thioether (sulfide) groups is 1. The number of aliphatic carboxylic acids is 1. The topological polar surface area (TPSA) is 37.3 Å². The average Bonchev–Trinajstić information content (AvgIpc) is 2.41. The van der Waals surface area contributed by atoms with Gasteiger partial charge in [0.2, 0.25) is 0 Å². The number of benzene rings is 1. The van der Waals surface area contributed by atoms with Crippen molar-refractivity contribution in [2.45, 2.75) is 42.8 Å². The zero-order valence-corrected chi connectivity index (χ0v) is 13.4. The molecule has 1 aliphatic rings. The third kappa shape index (κ3) is 3.99. The molecule has 1 aliphatic carbocycles. The van der Waals surface area contributed by atoms with E-state index in [-0.39, 0.29) is 11.2 Å². The molecule has 3 atom stereocenters. The van der Waals surface area contributed by atoms with Gasteiger partial charge in [-0.3, -0.25) is 4.79 Å². The molecule has 3 unspecified atom stereocenters. The van der Waals surface area contributed by atoms with Crippen molar-refractivity contribution < 1.29 is 9.90 Å². The van der Waals surface area contributed by atoms with Crippen LogP contribution in [0.2, 0.25) is 0 Å². The van der Waals surface area contributed by atoms with Gasteiger partial charge in [-0.1, -0.05) is 29.3 Å². The van der Waals surface area contributed by atoms with Crippen molar-refractivity contribution in [1.29, 1.82) is 0 Å². The highest BCUT2D eigenvalue weighted by Crippen LogP contribution is 2.41. The minimum absolute atomic E-state index is 0.198. The van der Waals surface area contributed by atoms with Crippen molar-refractivity contribution in [2.24, 2.45) is 11.8 Å². The molecule has 1 aromatic carbocycles. The zero-order chi connectivity index (χ0) is 13.8. The summed E-state index contributed by atoms with van der Waals surface area (Å²) >= 11 is 5.15. The van der Waals surface area contributed by atoms with Gasteiger partial charge in [0.15, 0.2) is 0 Å². The predicted octanol–water partition coefficient (Wildman–Crippen LogP) is 4.82. The van der Waals surface area contributed by atoms with Gasteiger partial charge in [-0.05, 0) is 49.4 Å². The van der Waals surface area contributed by atoms with Gasteiger partial charge in [0.1, 0.15) is 0 Å². The van der Waals surface area contributed by atoms with Crippen LogP contribution in [-0.2, 0) is 4.79 Å². The Morgan fingerprint density at radius 2 is 2.05 bits per heavy atom. The van der Waals surface area contributed by atoms with Gasteiger partial charge in [0.05, 0.1) is 5.92 Å². The van der Waals surface area contributed by atoms with Crippen LogP contribution in [0.25, 0.3) is 0 Å². The molecule has 4 heteroatoms. The van der Waals surface area contributed by atoms with E-state index in [0.717, 1.165) is 35.1 Å². The summed E-state index contributed by atoms with van der Waals surface area (Å²) in [7, 11) is 0. The number of carboxylic acid groups (broad SMARTS) is 1. The zero-order valence-electron chi connectivity index (χ0n) is 11.0. The summed E-state index contributed by atoms with van der Waals surface area (Å²) < 4.78 is 1.06. The molecule has 1 saturated carbocycles. The van der Waals surface area contributed by atoms with E-state index < -0.39 is 5.97 Å². The van der Waals surface area contributed by atoms with Crippen molar-refractivity contribution in [3.63, 3.8) is 0 Å². The second-order valence-electron chi connectivity index (χ2n) is 5.14. The lowest BCUT2D eigenvalue weighted by Gasteiger charge is -2.33. The van der Waals surface area contributed by atoms with Crippen LogP contribution in [0.5, 0.6) is 0 Å². The van der Waals surface area contributed by atoms with Crippen molar-refractivity contribution >= 4 is 33.7 Å². The average molecular weight is 343 g/mol. The molecule has 104 valence electrons. The summed E-state index contributed by atoms with van der Waals surface area (Å²) in [4.78, 5) is 12.5. The number of hydrogen-bond donors (Lipinski definition) is 1. The van der Waals surface area contributed by atoms with Gasteiger partial charge in [0, 0.05) is 14.6 Å². The summed E-state index contributed by atoms with van der Waals surface area (Å²) in [5.41, 5.74) is 0. The van der Waals surface area contributed by atoms with E-state index >= 15 is 0 Å². The van der Waals surface area contributed by atoms with Crippen molar-refractivity contribution in [2.75, 3.05) is 0 Å². The molecule has 1 N–H and O–H groups in total. The molecule has 1 fully saturated rings. The number of carboxylic acids is 1. The Morgan fingerprint density at radius 3 is 2.63 bits per heavy atom. The number of hydrogen-bond acceptors (Lipinski definition) is 2. The summed E-state index contributed by atoms with van der Waals surface area (Å²) in [6, 6.07) is 8.14. The molecule has 0 saturated heterocycles. The predicted molar refractivity (Wildman–Crippen MR) is 82.5 cm³/mol. The second kappa shape index (κ2) is 6.80. The highest BCUT2D eigenvalue weighted by molar-refractivity contribution is 9.10. The fourth-order valence-corrected chi connectivity index (χ4v) is 4.38. The van der Waals surface area contributed by atoms with Gasteiger partial charge in [-0.15, -0.1) is 11.8 Å². The molecule has 0 spiro atoms. The highest BCUT2D eigenvalue weighted by Gasteiger charge is 2.34. The van der Waals surface area contributed by atoms with Crippen molar-refractivity contribution in [3.8, 4) is 0 Å². The Kier molecular flexibility index (Phi) is 5.34. The van der Waals surface area contributed by atoms with Crippen LogP contribution < -0.4 is 0 Å². The Hall–Kier alpha value is -0.480.